The number of tetrazole rings is 1. The van der Waals surface area contributed by atoms with E-state index >= 15 is 0 Å². The van der Waals surface area contributed by atoms with Crippen LogP contribution in [0.3, 0.4) is 0 Å². The standard InChI is InChI=1S/C5H9ClN4/c1-5(2,3)4-7-8-9-10(4)6/h1-3H3. The molecule has 5 heteroatoms. The molecule has 1 aromatic heterocycles. The average molecular weight is 161 g/mol. The molecule has 56 valence electrons. The molecule has 0 saturated carbocycles. The van der Waals surface area contributed by atoms with Gasteiger partial charge >= 0.3 is 0 Å². The molecule has 0 amide bonds. The Bertz CT molecular complexity index is 224. The van der Waals surface area contributed by atoms with Gasteiger partial charge in [0.25, 0.3) is 0 Å². The fourth-order valence-electron chi connectivity index (χ4n) is 0.604. The van der Waals surface area contributed by atoms with Crippen LogP contribution in [0.4, 0.5) is 0 Å². The number of rotatable bonds is 0. The monoisotopic (exact) mass is 160 g/mol. The van der Waals surface area contributed by atoms with E-state index in [9.17, 15) is 0 Å². The Labute approximate surface area is 64.3 Å². The number of hydrogen-bond donors (Lipinski definition) is 0. The van der Waals surface area contributed by atoms with Gasteiger partial charge in [-0.2, -0.15) is 0 Å². The predicted molar refractivity (Wildman–Crippen MR) is 37.8 cm³/mol. The summed E-state index contributed by atoms with van der Waals surface area (Å²) >= 11 is 5.60. The van der Waals surface area contributed by atoms with Crippen molar-refractivity contribution in [3.8, 4) is 0 Å². The molecule has 1 heterocycles. The van der Waals surface area contributed by atoms with E-state index in [2.05, 4.69) is 15.5 Å². The Hall–Kier alpha value is -0.640. The molecule has 0 aliphatic heterocycles. The first-order valence-corrected chi connectivity index (χ1v) is 3.30. The van der Waals surface area contributed by atoms with Crippen LogP contribution in [0.5, 0.6) is 0 Å². The van der Waals surface area contributed by atoms with Crippen LogP contribution in [-0.2, 0) is 5.41 Å². The molecule has 0 fully saturated rings. The second kappa shape index (κ2) is 2.20. The van der Waals surface area contributed by atoms with Gasteiger partial charge in [0.15, 0.2) is 5.82 Å². The molecule has 1 rings (SSSR count). The van der Waals surface area contributed by atoms with E-state index < -0.39 is 0 Å². The third-order valence-electron chi connectivity index (χ3n) is 1.10. The maximum absolute atomic E-state index is 5.60. The van der Waals surface area contributed by atoms with E-state index in [1.54, 1.807) is 0 Å². The summed E-state index contributed by atoms with van der Waals surface area (Å²) in [5.74, 6) is 0.675. The summed E-state index contributed by atoms with van der Waals surface area (Å²) in [7, 11) is 0. The maximum Gasteiger partial charge on any atom is 0.174 e. The summed E-state index contributed by atoms with van der Waals surface area (Å²) in [6.45, 7) is 5.99. The summed E-state index contributed by atoms with van der Waals surface area (Å²) in [4.78, 5) is 0. The van der Waals surface area contributed by atoms with Gasteiger partial charge in [-0.1, -0.05) is 20.8 Å². The zero-order valence-electron chi connectivity index (χ0n) is 6.17. The maximum atomic E-state index is 5.60. The molecule has 0 radical (unpaired) electrons. The van der Waals surface area contributed by atoms with Crippen LogP contribution < -0.4 is 0 Å². The zero-order chi connectivity index (χ0) is 7.78. The molecule has 0 bridgehead atoms. The van der Waals surface area contributed by atoms with Crippen molar-refractivity contribution < 1.29 is 0 Å². The van der Waals surface area contributed by atoms with Crippen molar-refractivity contribution in [1.82, 2.24) is 19.7 Å². The smallest absolute Gasteiger partial charge is 0.135 e. The molecular formula is C5H9ClN4. The van der Waals surface area contributed by atoms with Crippen LogP contribution in [0.25, 0.3) is 0 Å². The van der Waals surface area contributed by atoms with Gasteiger partial charge in [0.1, 0.15) is 0 Å². The lowest BCUT2D eigenvalue weighted by Gasteiger charge is -2.13. The summed E-state index contributed by atoms with van der Waals surface area (Å²) in [6, 6.07) is 0. The van der Waals surface area contributed by atoms with Gasteiger partial charge in [-0.15, -0.1) is 9.30 Å². The SMILES string of the molecule is CC(C)(C)c1nnnn1Cl. The van der Waals surface area contributed by atoms with E-state index in [1.807, 2.05) is 20.8 Å². The summed E-state index contributed by atoms with van der Waals surface area (Å²) in [5, 5.41) is 10.7. The van der Waals surface area contributed by atoms with E-state index in [-0.39, 0.29) is 5.41 Å². The van der Waals surface area contributed by atoms with Crippen molar-refractivity contribution in [2.45, 2.75) is 26.2 Å². The molecule has 0 saturated heterocycles. The lowest BCUT2D eigenvalue weighted by atomic mass is 9.96. The molecule has 0 atom stereocenters. The van der Waals surface area contributed by atoms with Crippen molar-refractivity contribution >= 4 is 11.8 Å². The Kier molecular flexibility index (Phi) is 1.64. The van der Waals surface area contributed by atoms with E-state index in [4.69, 9.17) is 11.8 Å². The minimum absolute atomic E-state index is 0.0920. The third-order valence-corrected chi connectivity index (χ3v) is 1.33. The molecule has 1 aromatic rings. The fraction of sp³-hybridized carbons (Fsp3) is 0.800. The lowest BCUT2D eigenvalue weighted by Crippen LogP contribution is -2.16. The van der Waals surface area contributed by atoms with Gasteiger partial charge in [-0.3, -0.25) is 0 Å². The van der Waals surface area contributed by atoms with Crippen LogP contribution >= 0.6 is 11.8 Å². The second-order valence-electron chi connectivity index (χ2n) is 3.11. The molecule has 0 aliphatic carbocycles. The third kappa shape index (κ3) is 1.26. The normalized spacial score (nSPS) is 12.0. The minimum Gasteiger partial charge on any atom is -0.135 e. The summed E-state index contributed by atoms with van der Waals surface area (Å²) in [6.07, 6.45) is 0. The number of halogens is 1. The van der Waals surface area contributed by atoms with Gasteiger partial charge in [0, 0.05) is 17.2 Å². The first-order chi connectivity index (χ1) is 4.52. The van der Waals surface area contributed by atoms with Crippen LogP contribution in [0.1, 0.15) is 26.6 Å². The highest BCUT2D eigenvalue weighted by Gasteiger charge is 2.20. The summed E-state index contributed by atoms with van der Waals surface area (Å²) < 4.78 is 1.17. The molecule has 0 aliphatic rings. The van der Waals surface area contributed by atoms with Crippen LogP contribution in [-0.4, -0.2) is 19.7 Å². The Morgan fingerprint density at radius 1 is 1.40 bits per heavy atom. The molecule has 10 heavy (non-hydrogen) atoms. The number of aromatic nitrogens is 4. The van der Waals surface area contributed by atoms with E-state index in [1.165, 1.54) is 4.20 Å². The van der Waals surface area contributed by atoms with Gasteiger partial charge in [-0.25, -0.2) is 0 Å². The first-order valence-electron chi connectivity index (χ1n) is 2.97. The Morgan fingerprint density at radius 2 is 2.00 bits per heavy atom. The summed E-state index contributed by atoms with van der Waals surface area (Å²) in [5.41, 5.74) is -0.0920. The highest BCUT2D eigenvalue weighted by Crippen LogP contribution is 2.18. The van der Waals surface area contributed by atoms with Crippen molar-refractivity contribution in [3.05, 3.63) is 5.82 Å². The number of nitrogens with zero attached hydrogens (tertiary/aromatic N) is 4. The minimum atomic E-state index is -0.0920. The van der Waals surface area contributed by atoms with Gasteiger partial charge < -0.3 is 0 Å². The largest absolute Gasteiger partial charge is 0.174 e. The van der Waals surface area contributed by atoms with Crippen molar-refractivity contribution in [2.24, 2.45) is 0 Å². The van der Waals surface area contributed by atoms with Crippen LogP contribution in [0, 0.1) is 0 Å². The highest BCUT2D eigenvalue weighted by atomic mass is 35.5. The highest BCUT2D eigenvalue weighted by molar-refractivity contribution is 6.14. The molecule has 4 nitrogen and oxygen atoms in total. The van der Waals surface area contributed by atoms with Gasteiger partial charge in [-0.05, 0) is 10.4 Å². The first kappa shape index (κ1) is 7.47. The zero-order valence-corrected chi connectivity index (χ0v) is 6.92. The van der Waals surface area contributed by atoms with E-state index in [0.717, 1.165) is 0 Å². The predicted octanol–water partition coefficient (Wildman–Crippen LogP) is 0.972. The van der Waals surface area contributed by atoms with Gasteiger partial charge in [0.2, 0.25) is 0 Å². The average Bonchev–Trinajstić information content (AvgIpc) is 2.11. The van der Waals surface area contributed by atoms with Crippen LogP contribution in [0.2, 0.25) is 0 Å². The molecule has 0 aromatic carbocycles. The van der Waals surface area contributed by atoms with Crippen LogP contribution in [0.15, 0.2) is 0 Å². The van der Waals surface area contributed by atoms with Crippen molar-refractivity contribution in [3.63, 3.8) is 0 Å². The van der Waals surface area contributed by atoms with E-state index in [0.29, 0.717) is 5.82 Å². The number of hydrogen-bond acceptors (Lipinski definition) is 3. The van der Waals surface area contributed by atoms with Crippen molar-refractivity contribution in [2.75, 3.05) is 0 Å². The molecule has 0 unspecified atom stereocenters. The fourth-order valence-corrected chi connectivity index (χ4v) is 0.921. The molecule has 0 N–H and O–H groups in total. The molecular weight excluding hydrogens is 152 g/mol. The lowest BCUT2D eigenvalue weighted by molar-refractivity contribution is 0.537. The Balaban J connectivity index is 3.05. The van der Waals surface area contributed by atoms with Crippen molar-refractivity contribution in [1.29, 1.82) is 0 Å². The second-order valence-corrected chi connectivity index (χ2v) is 3.43. The topological polar surface area (TPSA) is 43.6 Å². The quantitative estimate of drug-likeness (QED) is 0.568. The Morgan fingerprint density at radius 3 is 2.20 bits per heavy atom. The van der Waals surface area contributed by atoms with Gasteiger partial charge in [0.05, 0.1) is 0 Å². The molecule has 0 spiro atoms.